The number of hydrogen-bond acceptors (Lipinski definition) is 5. The lowest BCUT2D eigenvalue weighted by Gasteiger charge is -2.43. The van der Waals surface area contributed by atoms with E-state index in [1.165, 1.54) is 16.7 Å². The molecular weight excluding hydrogens is 619 g/mol. The fourth-order valence-electron chi connectivity index (χ4n) is 7.40. The maximum atomic E-state index is 13.7. The summed E-state index contributed by atoms with van der Waals surface area (Å²) in [6.45, 7) is 7.63. The highest BCUT2D eigenvalue weighted by molar-refractivity contribution is 5.97. The molecule has 0 unspecified atom stereocenters. The van der Waals surface area contributed by atoms with E-state index in [9.17, 15) is 4.79 Å². The summed E-state index contributed by atoms with van der Waals surface area (Å²) in [6.07, 6.45) is 5.60. The lowest BCUT2D eigenvalue weighted by molar-refractivity contribution is 0.0758. The largest absolute Gasteiger partial charge is 0.384 e. The third kappa shape index (κ3) is 8.15. The van der Waals surface area contributed by atoms with Crippen LogP contribution in [0.25, 0.3) is 11.0 Å². The Labute approximate surface area is 296 Å². The molecular formula is C42H51N7O. The van der Waals surface area contributed by atoms with Gasteiger partial charge in [0.05, 0.1) is 11.0 Å². The van der Waals surface area contributed by atoms with Gasteiger partial charge in [-0.1, -0.05) is 98.3 Å². The molecule has 0 spiro atoms. The minimum Gasteiger partial charge on any atom is -0.384 e. The third-order valence-corrected chi connectivity index (χ3v) is 10.4. The van der Waals surface area contributed by atoms with Crippen molar-refractivity contribution in [2.45, 2.75) is 64.0 Å². The van der Waals surface area contributed by atoms with Crippen LogP contribution in [-0.2, 0) is 31.3 Å². The highest BCUT2D eigenvalue weighted by Crippen LogP contribution is 2.39. The van der Waals surface area contributed by atoms with E-state index in [-0.39, 0.29) is 17.2 Å². The van der Waals surface area contributed by atoms with E-state index in [0.29, 0.717) is 25.2 Å². The fraction of sp³-hybridized carbons (Fsp3) is 0.357. The summed E-state index contributed by atoms with van der Waals surface area (Å²) in [5.74, 6) is 1.11. The Morgan fingerprint density at radius 3 is 2.20 bits per heavy atom. The maximum Gasteiger partial charge on any atom is 0.253 e. The van der Waals surface area contributed by atoms with Gasteiger partial charge in [0, 0.05) is 55.7 Å². The molecule has 1 amide bonds. The van der Waals surface area contributed by atoms with Gasteiger partial charge in [-0.25, -0.2) is 4.98 Å². The summed E-state index contributed by atoms with van der Waals surface area (Å²) >= 11 is 0. The van der Waals surface area contributed by atoms with Gasteiger partial charge in [0.15, 0.2) is 0 Å². The van der Waals surface area contributed by atoms with E-state index < -0.39 is 0 Å². The van der Waals surface area contributed by atoms with E-state index >= 15 is 0 Å². The quantitative estimate of drug-likeness (QED) is 0.0865. The summed E-state index contributed by atoms with van der Waals surface area (Å²) in [4.78, 5) is 23.4. The van der Waals surface area contributed by atoms with Crippen LogP contribution in [-0.4, -0.2) is 63.8 Å². The Morgan fingerprint density at radius 2 is 1.54 bits per heavy atom. The van der Waals surface area contributed by atoms with Gasteiger partial charge >= 0.3 is 0 Å². The number of piperidine rings is 1. The second-order valence-electron chi connectivity index (χ2n) is 13.8. The summed E-state index contributed by atoms with van der Waals surface area (Å²) in [5, 5.41) is 7.77. The molecule has 0 radical (unpaired) electrons. The Hall–Kier alpha value is -4.79. The van der Waals surface area contributed by atoms with Crippen molar-refractivity contribution in [2.75, 3.05) is 32.7 Å². The van der Waals surface area contributed by atoms with Crippen LogP contribution in [0.1, 0.15) is 71.0 Å². The molecule has 0 aliphatic carbocycles. The first-order chi connectivity index (χ1) is 24.4. The molecule has 1 aromatic heterocycles. The topological polar surface area (TPSA) is 117 Å². The number of nitrogens with zero attached hydrogens (tertiary/aromatic N) is 4. The van der Waals surface area contributed by atoms with Crippen molar-refractivity contribution >= 4 is 22.8 Å². The van der Waals surface area contributed by atoms with Crippen LogP contribution in [0.2, 0.25) is 0 Å². The van der Waals surface area contributed by atoms with Crippen molar-refractivity contribution in [1.82, 2.24) is 19.4 Å². The SMILES string of the molecule is CCCCN(CCN)C(=O)c1ccc2c(c1)nc(CCc1ccc(C(=N)N)cc1)n2CC1(c2ccccc2)CCN(Cc2ccccc2)CC1. The standard InChI is InChI=1S/C42H51N7O/c1-2-3-25-48(28-24-43)41(50)35-19-20-38-37(29-35)46-39(21-16-32-14-17-34(18-15-32)40(44)45)49(38)31-42(36-12-8-5-9-13-36)22-26-47(27-23-42)30-33-10-6-4-7-11-33/h4-15,17-20,29H,2-3,16,21-28,30-31,43H2,1H3,(H3,44,45). The van der Waals surface area contributed by atoms with Gasteiger partial charge < -0.3 is 20.9 Å². The number of benzene rings is 4. The van der Waals surface area contributed by atoms with Crippen LogP contribution >= 0.6 is 0 Å². The number of aryl methyl sites for hydroxylation is 2. The first-order valence-corrected chi connectivity index (χ1v) is 18.1. The molecule has 5 N–H and O–H groups in total. The Morgan fingerprint density at radius 1 is 0.860 bits per heavy atom. The lowest BCUT2D eigenvalue weighted by atomic mass is 9.72. The highest BCUT2D eigenvalue weighted by atomic mass is 16.2. The first kappa shape index (κ1) is 35.1. The van der Waals surface area contributed by atoms with E-state index in [2.05, 4.69) is 95.3 Å². The number of nitrogen functional groups attached to an aromatic ring is 1. The Kier molecular flexibility index (Phi) is 11.4. The van der Waals surface area contributed by atoms with Gasteiger partial charge in [-0.2, -0.15) is 0 Å². The van der Waals surface area contributed by atoms with E-state index in [1.807, 2.05) is 29.2 Å². The summed E-state index contributed by atoms with van der Waals surface area (Å²) in [6, 6.07) is 35.8. The number of rotatable bonds is 15. The number of amides is 1. The number of hydrogen-bond donors (Lipinski definition) is 3. The average molecular weight is 670 g/mol. The maximum absolute atomic E-state index is 13.7. The van der Waals surface area contributed by atoms with Gasteiger partial charge in [-0.15, -0.1) is 0 Å². The smallest absolute Gasteiger partial charge is 0.253 e. The molecule has 8 heteroatoms. The van der Waals surface area contributed by atoms with Crippen LogP contribution in [0, 0.1) is 5.41 Å². The summed E-state index contributed by atoms with van der Waals surface area (Å²) in [5.41, 5.74) is 18.7. The molecule has 1 fully saturated rings. The molecule has 5 aromatic rings. The molecule has 6 rings (SSSR count). The van der Waals surface area contributed by atoms with Crippen LogP contribution in [0.4, 0.5) is 0 Å². The molecule has 8 nitrogen and oxygen atoms in total. The van der Waals surface area contributed by atoms with E-state index in [0.717, 1.165) is 87.1 Å². The molecule has 0 saturated carbocycles. The molecule has 0 bridgehead atoms. The second kappa shape index (κ2) is 16.3. The minimum absolute atomic E-state index is 0.0130. The molecule has 0 atom stereocenters. The summed E-state index contributed by atoms with van der Waals surface area (Å²) in [7, 11) is 0. The fourth-order valence-corrected chi connectivity index (χ4v) is 7.40. The van der Waals surface area contributed by atoms with Crippen molar-refractivity contribution in [3.63, 3.8) is 0 Å². The Bertz CT molecular complexity index is 1860. The number of carbonyl (C=O) groups is 1. The molecule has 1 aliphatic rings. The molecule has 260 valence electrons. The van der Waals surface area contributed by atoms with Gasteiger partial charge in [-0.05, 0) is 73.7 Å². The molecule has 1 aliphatic heterocycles. The zero-order valence-electron chi connectivity index (χ0n) is 29.4. The number of nitrogens with one attached hydrogen (secondary N) is 1. The van der Waals surface area contributed by atoms with Crippen LogP contribution in [0.3, 0.4) is 0 Å². The zero-order chi connectivity index (χ0) is 34.9. The summed E-state index contributed by atoms with van der Waals surface area (Å²) < 4.78 is 2.43. The number of imidazole rings is 1. The number of amidine groups is 1. The van der Waals surface area contributed by atoms with Crippen LogP contribution < -0.4 is 11.5 Å². The van der Waals surface area contributed by atoms with Crippen LogP contribution in [0.5, 0.6) is 0 Å². The Balaban J connectivity index is 1.34. The number of carbonyl (C=O) groups excluding carboxylic acids is 1. The lowest BCUT2D eigenvalue weighted by Crippen LogP contribution is -2.44. The number of fused-ring (bicyclic) bond motifs is 1. The van der Waals surface area contributed by atoms with E-state index in [4.69, 9.17) is 21.9 Å². The van der Waals surface area contributed by atoms with Crippen molar-refractivity contribution in [1.29, 1.82) is 5.41 Å². The minimum atomic E-state index is -0.0630. The second-order valence-corrected chi connectivity index (χ2v) is 13.8. The number of aromatic nitrogens is 2. The number of likely N-dealkylation sites (tertiary alicyclic amines) is 1. The van der Waals surface area contributed by atoms with Gasteiger partial charge in [0.25, 0.3) is 5.91 Å². The zero-order valence-corrected chi connectivity index (χ0v) is 29.4. The monoisotopic (exact) mass is 669 g/mol. The van der Waals surface area contributed by atoms with Crippen molar-refractivity contribution in [3.05, 3.63) is 137 Å². The number of unbranched alkanes of at least 4 members (excludes halogenated alkanes) is 1. The van der Waals surface area contributed by atoms with Crippen molar-refractivity contribution < 1.29 is 4.79 Å². The van der Waals surface area contributed by atoms with Gasteiger partial charge in [-0.3, -0.25) is 15.1 Å². The number of nitrogens with two attached hydrogens (primary N) is 2. The van der Waals surface area contributed by atoms with Gasteiger partial charge in [0.2, 0.25) is 0 Å². The molecule has 2 heterocycles. The van der Waals surface area contributed by atoms with Crippen molar-refractivity contribution in [2.24, 2.45) is 11.5 Å². The normalized spacial score (nSPS) is 14.5. The third-order valence-electron chi connectivity index (χ3n) is 10.4. The molecule has 1 saturated heterocycles. The molecule has 50 heavy (non-hydrogen) atoms. The van der Waals surface area contributed by atoms with E-state index in [1.54, 1.807) is 0 Å². The van der Waals surface area contributed by atoms with Crippen molar-refractivity contribution in [3.8, 4) is 0 Å². The highest BCUT2D eigenvalue weighted by Gasteiger charge is 2.37. The predicted molar refractivity (Wildman–Crippen MR) is 204 cm³/mol. The predicted octanol–water partition coefficient (Wildman–Crippen LogP) is 6.54. The average Bonchev–Trinajstić information content (AvgIpc) is 3.49. The van der Waals surface area contributed by atoms with Crippen LogP contribution in [0.15, 0.2) is 103 Å². The molecule has 4 aromatic carbocycles. The van der Waals surface area contributed by atoms with Gasteiger partial charge in [0.1, 0.15) is 11.7 Å². The first-order valence-electron chi connectivity index (χ1n) is 18.1.